The number of likely N-dealkylation sites (tertiary alicyclic amines) is 1. The van der Waals surface area contributed by atoms with Crippen LogP contribution in [0.25, 0.3) is 5.70 Å². The number of primary amides is 1. The standard InChI is InChI=1S/C37H43N7O4/c1-21(41-20-33(45)43-29(19-38)16-27-17-32(27)43)18-37(35-42-36(47)48-44(35)28-6-4-3-5-7-28)30-12-10-23(22(2)39)14-24(30)8-9-25-15-26(34(40)46)11-13-31(25)37/h10-15,21,27-29,32,41H,2-9,16-18,20,39H2,1H3,(H2,40,46)/t21-,27+,29?,32-,37?/m0/s1. The Balaban J connectivity index is 1.37. The lowest BCUT2D eigenvalue weighted by Crippen LogP contribution is -2.47. The van der Waals surface area contributed by atoms with Crippen molar-refractivity contribution in [1.82, 2.24) is 19.9 Å². The van der Waals surface area contributed by atoms with E-state index >= 15 is 0 Å². The molecule has 250 valence electrons. The quantitative estimate of drug-likeness (QED) is 0.315. The van der Waals surface area contributed by atoms with Crippen LogP contribution in [0.2, 0.25) is 0 Å². The number of carbonyl (C=O) groups is 2. The van der Waals surface area contributed by atoms with Crippen molar-refractivity contribution < 1.29 is 14.1 Å². The maximum Gasteiger partial charge on any atom is 0.459 e. The lowest BCUT2D eigenvalue weighted by atomic mass is 9.67. The zero-order valence-corrected chi connectivity index (χ0v) is 27.4. The highest BCUT2D eigenvalue weighted by Gasteiger charge is 2.54. The van der Waals surface area contributed by atoms with Gasteiger partial charge in [-0.3, -0.25) is 9.59 Å². The average molecular weight is 650 g/mol. The Morgan fingerprint density at radius 3 is 2.40 bits per heavy atom. The van der Waals surface area contributed by atoms with Crippen molar-refractivity contribution in [2.75, 3.05) is 6.54 Å². The maximum atomic E-state index is 13.5. The summed E-state index contributed by atoms with van der Waals surface area (Å²) in [7, 11) is 0. The first-order valence-corrected chi connectivity index (χ1v) is 17.2. The van der Waals surface area contributed by atoms with Crippen molar-refractivity contribution in [2.45, 2.75) is 101 Å². The van der Waals surface area contributed by atoms with Crippen LogP contribution in [0.3, 0.4) is 0 Å². The summed E-state index contributed by atoms with van der Waals surface area (Å²) in [5.74, 6) is -0.306. The molecule has 1 aliphatic heterocycles. The molecule has 5 atom stereocenters. The molecular weight excluding hydrogens is 606 g/mol. The Kier molecular flexibility index (Phi) is 8.24. The fourth-order valence-corrected chi connectivity index (χ4v) is 8.70. The largest absolute Gasteiger partial charge is 0.459 e. The Labute approximate surface area is 279 Å². The first-order valence-electron chi connectivity index (χ1n) is 17.2. The van der Waals surface area contributed by atoms with Crippen molar-refractivity contribution in [3.05, 3.63) is 92.7 Å². The Bertz CT molecular complexity index is 1810. The number of carbonyl (C=O) groups excluding carboxylic acids is 2. The van der Waals surface area contributed by atoms with E-state index in [0.717, 1.165) is 72.8 Å². The monoisotopic (exact) mass is 649 g/mol. The highest BCUT2D eigenvalue weighted by molar-refractivity contribution is 5.93. The molecule has 3 fully saturated rings. The average Bonchev–Trinajstić information content (AvgIpc) is 3.61. The zero-order valence-electron chi connectivity index (χ0n) is 27.4. The van der Waals surface area contributed by atoms with E-state index in [0.29, 0.717) is 42.3 Å². The second-order valence-electron chi connectivity index (χ2n) is 14.2. The van der Waals surface area contributed by atoms with Gasteiger partial charge in [0.15, 0.2) is 5.82 Å². The zero-order chi connectivity index (χ0) is 33.7. The van der Waals surface area contributed by atoms with Crippen molar-refractivity contribution >= 4 is 17.5 Å². The van der Waals surface area contributed by atoms with Gasteiger partial charge in [-0.15, -0.1) is 0 Å². The van der Waals surface area contributed by atoms with Gasteiger partial charge in [0.1, 0.15) is 6.04 Å². The molecule has 4 aliphatic rings. The highest BCUT2D eigenvalue weighted by atomic mass is 16.5. The van der Waals surface area contributed by atoms with Gasteiger partial charge < -0.3 is 26.2 Å². The lowest BCUT2D eigenvalue weighted by Gasteiger charge is -2.39. The third-order valence-corrected chi connectivity index (χ3v) is 11.1. The van der Waals surface area contributed by atoms with Crippen LogP contribution in [0.1, 0.15) is 108 Å². The minimum atomic E-state index is -1.00. The van der Waals surface area contributed by atoms with Crippen LogP contribution in [-0.2, 0) is 23.1 Å². The summed E-state index contributed by atoms with van der Waals surface area (Å²) >= 11 is 0. The second-order valence-corrected chi connectivity index (χ2v) is 14.2. The molecule has 7 rings (SSSR count). The minimum absolute atomic E-state index is 0.0293. The molecule has 2 saturated carbocycles. The number of rotatable bonds is 9. The number of nitrogens with one attached hydrogen (secondary N) is 1. The van der Waals surface area contributed by atoms with Crippen LogP contribution in [0.15, 0.2) is 52.3 Å². The van der Waals surface area contributed by atoms with E-state index < -0.39 is 17.1 Å². The van der Waals surface area contributed by atoms with Crippen LogP contribution in [0, 0.1) is 17.2 Å². The van der Waals surface area contributed by atoms with E-state index in [-0.39, 0.29) is 36.6 Å². The second kappa shape index (κ2) is 12.4. The molecule has 3 aliphatic carbocycles. The number of nitrogens with zero attached hydrogens (tertiary/aromatic N) is 4. The predicted molar refractivity (Wildman–Crippen MR) is 180 cm³/mol. The Morgan fingerprint density at radius 1 is 1.08 bits per heavy atom. The van der Waals surface area contributed by atoms with Gasteiger partial charge in [-0.1, -0.05) is 44.0 Å². The molecule has 2 unspecified atom stereocenters. The van der Waals surface area contributed by atoms with E-state index in [1.165, 1.54) is 0 Å². The van der Waals surface area contributed by atoms with Crippen LogP contribution in [0.4, 0.5) is 0 Å². The Morgan fingerprint density at radius 2 is 1.75 bits per heavy atom. The minimum Gasteiger partial charge on any atom is -0.399 e. The molecule has 1 saturated heterocycles. The molecule has 0 radical (unpaired) electrons. The van der Waals surface area contributed by atoms with Crippen molar-refractivity contribution in [1.29, 1.82) is 5.26 Å². The summed E-state index contributed by atoms with van der Waals surface area (Å²) in [6.07, 6.45) is 8.31. The van der Waals surface area contributed by atoms with E-state index in [1.807, 2.05) is 25.1 Å². The normalized spacial score (nSPS) is 25.2. The summed E-state index contributed by atoms with van der Waals surface area (Å²) in [4.78, 5) is 45.5. The number of hydrogen-bond donors (Lipinski definition) is 3. The van der Waals surface area contributed by atoms with Crippen molar-refractivity contribution in [3.63, 3.8) is 0 Å². The summed E-state index contributed by atoms with van der Waals surface area (Å²) < 4.78 is 7.70. The van der Waals surface area contributed by atoms with E-state index in [9.17, 15) is 19.6 Å². The first-order chi connectivity index (χ1) is 23.1. The van der Waals surface area contributed by atoms with Crippen molar-refractivity contribution in [3.8, 4) is 6.07 Å². The molecule has 11 heteroatoms. The fourth-order valence-electron chi connectivity index (χ4n) is 8.70. The number of hydrogen-bond acceptors (Lipinski definition) is 8. The van der Waals surface area contributed by atoms with Gasteiger partial charge in [-0.05, 0) is 104 Å². The number of piperidine rings is 1. The molecule has 2 amide bonds. The molecule has 5 N–H and O–H groups in total. The summed E-state index contributed by atoms with van der Waals surface area (Å²) in [6.45, 7) is 6.08. The third kappa shape index (κ3) is 5.52. The number of fused-ring (bicyclic) bond motifs is 3. The van der Waals surface area contributed by atoms with Gasteiger partial charge in [0, 0.05) is 23.3 Å². The molecule has 1 aromatic heterocycles. The number of nitrogens with two attached hydrogens (primary N) is 2. The summed E-state index contributed by atoms with van der Waals surface area (Å²) in [5.41, 5.74) is 16.4. The maximum absolute atomic E-state index is 13.5. The van der Waals surface area contributed by atoms with E-state index in [1.54, 1.807) is 15.7 Å². The topological polar surface area (TPSA) is 173 Å². The van der Waals surface area contributed by atoms with E-state index in [2.05, 4.69) is 35.1 Å². The lowest BCUT2D eigenvalue weighted by molar-refractivity contribution is -0.131. The molecular formula is C37H43N7O4. The number of aromatic nitrogens is 2. The molecule has 0 bridgehead atoms. The number of aryl methyl sites for hydroxylation is 2. The van der Waals surface area contributed by atoms with Crippen molar-refractivity contribution in [2.24, 2.45) is 17.4 Å². The first kappa shape index (κ1) is 31.9. The van der Waals surface area contributed by atoms with Gasteiger partial charge in [0.25, 0.3) is 0 Å². The van der Waals surface area contributed by atoms with Gasteiger partial charge in [0.05, 0.1) is 24.1 Å². The van der Waals surface area contributed by atoms with E-state index in [4.69, 9.17) is 16.0 Å². The number of amides is 2. The van der Waals surface area contributed by atoms with Crippen LogP contribution in [0.5, 0.6) is 0 Å². The SMILES string of the molecule is C=C(N)c1ccc2c(c1)CCc1cc(C(N)=O)ccc1C2(C[C@H](C)NCC(=O)N1C(C#N)C[C@@H]2C[C@@H]21)c1nc(=O)on1C1CCCCC1. The van der Waals surface area contributed by atoms with Gasteiger partial charge in [-0.25, -0.2) is 4.79 Å². The van der Waals surface area contributed by atoms with Gasteiger partial charge in [-0.2, -0.15) is 15.0 Å². The molecule has 0 spiro atoms. The molecule has 3 aromatic rings. The predicted octanol–water partition coefficient (Wildman–Crippen LogP) is 3.68. The van der Waals surface area contributed by atoms with Gasteiger partial charge in [0.2, 0.25) is 11.8 Å². The fraction of sp³-hybridized carbons (Fsp3) is 0.486. The Hall–Kier alpha value is -4.69. The number of nitriles is 1. The summed E-state index contributed by atoms with van der Waals surface area (Å²) in [5, 5.41) is 13.2. The van der Waals surface area contributed by atoms with Gasteiger partial charge >= 0.3 is 5.76 Å². The summed E-state index contributed by atoms with van der Waals surface area (Å²) in [6, 6.07) is 13.4. The van der Waals surface area contributed by atoms with Crippen LogP contribution < -0.4 is 22.5 Å². The molecule has 48 heavy (non-hydrogen) atoms. The van der Waals surface area contributed by atoms with Crippen LogP contribution >= 0.6 is 0 Å². The molecule has 11 nitrogen and oxygen atoms in total. The third-order valence-electron chi connectivity index (χ3n) is 11.1. The smallest absolute Gasteiger partial charge is 0.399 e. The highest BCUT2D eigenvalue weighted by Crippen LogP contribution is 2.50. The molecule has 2 aromatic carbocycles. The number of benzene rings is 2. The molecule has 2 heterocycles. The van der Waals surface area contributed by atoms with Crippen LogP contribution in [-0.4, -0.2) is 51.1 Å².